The van der Waals surface area contributed by atoms with Crippen LogP contribution in [-0.2, 0) is 0 Å². The van der Waals surface area contributed by atoms with Crippen LogP contribution in [0.4, 0.5) is 5.82 Å². The van der Waals surface area contributed by atoms with E-state index in [4.69, 9.17) is 4.74 Å². The number of rotatable bonds is 6. The lowest BCUT2D eigenvalue weighted by molar-refractivity contribution is 0.415. The average molecular weight is 276 g/mol. The van der Waals surface area contributed by atoms with Crippen LogP contribution in [0.1, 0.15) is 6.92 Å². The fourth-order valence-electron chi connectivity index (χ4n) is 2.04. The molecular weight excluding hydrogens is 256 g/mol. The summed E-state index contributed by atoms with van der Waals surface area (Å²) in [5, 5.41) is 5.73. The highest BCUT2D eigenvalue weighted by Gasteiger charge is 2.05. The molecule has 0 aliphatic rings. The van der Waals surface area contributed by atoms with Gasteiger partial charge < -0.3 is 10.1 Å². The van der Waals surface area contributed by atoms with Gasteiger partial charge in [-0.1, -0.05) is 6.92 Å². The van der Waals surface area contributed by atoms with Gasteiger partial charge in [-0.15, -0.1) is 0 Å². The minimum atomic E-state index is 0.630. The second-order valence-corrected chi connectivity index (χ2v) is 5.60. The number of ether oxygens (including phenoxy) is 1. The van der Waals surface area contributed by atoms with E-state index in [0.29, 0.717) is 5.92 Å². The number of nitrogens with zero attached hydrogens (tertiary/aromatic N) is 1. The van der Waals surface area contributed by atoms with Crippen molar-refractivity contribution in [2.24, 2.45) is 5.92 Å². The maximum atomic E-state index is 5.25. The second kappa shape index (κ2) is 6.66. The number of aromatic nitrogens is 1. The predicted molar refractivity (Wildman–Crippen MR) is 84.3 cm³/mol. The van der Waals surface area contributed by atoms with Crippen molar-refractivity contribution in [1.29, 1.82) is 0 Å². The molecular formula is C15H20N2OS. The Labute approximate surface area is 118 Å². The Morgan fingerprint density at radius 1 is 1.37 bits per heavy atom. The van der Waals surface area contributed by atoms with E-state index >= 15 is 0 Å². The molecule has 3 nitrogen and oxygen atoms in total. The van der Waals surface area contributed by atoms with E-state index in [1.807, 2.05) is 36.2 Å². The molecule has 2 rings (SSSR count). The third-order valence-corrected chi connectivity index (χ3v) is 3.94. The number of pyridine rings is 1. The second-order valence-electron chi connectivity index (χ2n) is 4.69. The van der Waals surface area contributed by atoms with Gasteiger partial charge in [0.25, 0.3) is 0 Å². The van der Waals surface area contributed by atoms with Gasteiger partial charge in [0.15, 0.2) is 0 Å². The minimum Gasteiger partial charge on any atom is -0.497 e. The SMILES string of the molecule is COc1ccc2c(NCC(C)CSC)nccc2c1. The van der Waals surface area contributed by atoms with Gasteiger partial charge in [0, 0.05) is 18.1 Å². The third-order valence-electron chi connectivity index (χ3n) is 3.04. The van der Waals surface area contributed by atoms with Gasteiger partial charge in [-0.2, -0.15) is 11.8 Å². The summed E-state index contributed by atoms with van der Waals surface area (Å²) in [6.45, 7) is 3.19. The number of nitrogens with one attached hydrogen (secondary N) is 1. The Morgan fingerprint density at radius 2 is 2.21 bits per heavy atom. The summed E-state index contributed by atoms with van der Waals surface area (Å²) in [6, 6.07) is 8.07. The quantitative estimate of drug-likeness (QED) is 0.873. The van der Waals surface area contributed by atoms with Gasteiger partial charge in [0.1, 0.15) is 11.6 Å². The number of thioether (sulfide) groups is 1. The first-order valence-electron chi connectivity index (χ1n) is 6.40. The lowest BCUT2D eigenvalue weighted by Gasteiger charge is -2.13. The van der Waals surface area contributed by atoms with E-state index in [1.165, 1.54) is 0 Å². The van der Waals surface area contributed by atoms with E-state index in [1.54, 1.807) is 7.11 Å². The highest BCUT2D eigenvalue weighted by Crippen LogP contribution is 2.25. The molecule has 0 amide bonds. The van der Waals surface area contributed by atoms with Crippen LogP contribution in [0, 0.1) is 5.92 Å². The smallest absolute Gasteiger partial charge is 0.133 e. The highest BCUT2D eigenvalue weighted by molar-refractivity contribution is 7.98. The van der Waals surface area contributed by atoms with Gasteiger partial charge >= 0.3 is 0 Å². The summed E-state index contributed by atoms with van der Waals surface area (Å²) in [7, 11) is 1.69. The van der Waals surface area contributed by atoms with Crippen LogP contribution >= 0.6 is 11.8 Å². The molecule has 1 aromatic heterocycles. The highest BCUT2D eigenvalue weighted by atomic mass is 32.2. The van der Waals surface area contributed by atoms with E-state index in [2.05, 4.69) is 29.5 Å². The molecule has 0 aliphatic heterocycles. The maximum absolute atomic E-state index is 5.25. The molecule has 19 heavy (non-hydrogen) atoms. The molecule has 0 radical (unpaired) electrons. The van der Waals surface area contributed by atoms with Gasteiger partial charge in [0.2, 0.25) is 0 Å². The van der Waals surface area contributed by atoms with Crippen LogP contribution in [0.15, 0.2) is 30.5 Å². The van der Waals surface area contributed by atoms with Crippen LogP contribution in [-0.4, -0.2) is 30.6 Å². The van der Waals surface area contributed by atoms with Crippen molar-refractivity contribution >= 4 is 28.4 Å². The summed E-state index contributed by atoms with van der Waals surface area (Å²) < 4.78 is 5.25. The Morgan fingerprint density at radius 3 is 2.95 bits per heavy atom. The zero-order valence-electron chi connectivity index (χ0n) is 11.6. The normalized spacial score (nSPS) is 12.4. The van der Waals surface area contributed by atoms with E-state index in [0.717, 1.165) is 34.6 Å². The van der Waals surface area contributed by atoms with Gasteiger partial charge in [-0.3, -0.25) is 0 Å². The lowest BCUT2D eigenvalue weighted by Crippen LogP contribution is -2.14. The number of hydrogen-bond donors (Lipinski definition) is 1. The van der Waals surface area contributed by atoms with Crippen molar-refractivity contribution in [1.82, 2.24) is 4.98 Å². The van der Waals surface area contributed by atoms with Crippen molar-refractivity contribution in [3.8, 4) is 5.75 Å². The molecule has 0 bridgehead atoms. The fraction of sp³-hybridized carbons (Fsp3) is 0.400. The average Bonchev–Trinajstić information content (AvgIpc) is 2.44. The van der Waals surface area contributed by atoms with Gasteiger partial charge in [-0.25, -0.2) is 4.98 Å². The zero-order chi connectivity index (χ0) is 13.7. The minimum absolute atomic E-state index is 0.630. The van der Waals surface area contributed by atoms with Crippen molar-refractivity contribution in [3.63, 3.8) is 0 Å². The molecule has 2 aromatic rings. The summed E-state index contributed by atoms with van der Waals surface area (Å²) >= 11 is 1.88. The van der Waals surface area contributed by atoms with Crippen LogP contribution < -0.4 is 10.1 Å². The van der Waals surface area contributed by atoms with Crippen LogP contribution in [0.2, 0.25) is 0 Å². The number of hydrogen-bond acceptors (Lipinski definition) is 4. The Hall–Kier alpha value is -1.42. The first-order valence-corrected chi connectivity index (χ1v) is 7.79. The molecule has 0 saturated heterocycles. The van der Waals surface area contributed by atoms with Crippen molar-refractivity contribution in [3.05, 3.63) is 30.5 Å². The fourth-order valence-corrected chi connectivity index (χ4v) is 2.73. The van der Waals surface area contributed by atoms with Crippen molar-refractivity contribution in [2.45, 2.75) is 6.92 Å². The molecule has 4 heteroatoms. The van der Waals surface area contributed by atoms with Gasteiger partial charge in [0.05, 0.1) is 7.11 Å². The number of anilines is 1. The first kappa shape index (κ1) is 14.0. The van der Waals surface area contributed by atoms with Crippen LogP contribution in [0.25, 0.3) is 10.8 Å². The first-order chi connectivity index (χ1) is 9.24. The Kier molecular flexibility index (Phi) is 4.91. The largest absolute Gasteiger partial charge is 0.497 e. The number of methoxy groups -OCH3 is 1. The van der Waals surface area contributed by atoms with Gasteiger partial charge in [-0.05, 0) is 47.6 Å². The van der Waals surface area contributed by atoms with E-state index < -0.39 is 0 Å². The summed E-state index contributed by atoms with van der Waals surface area (Å²) in [6.07, 6.45) is 3.97. The Bertz CT molecular complexity index is 545. The molecule has 1 atom stereocenters. The topological polar surface area (TPSA) is 34.1 Å². The molecule has 0 fully saturated rings. The van der Waals surface area contributed by atoms with Crippen LogP contribution in [0.3, 0.4) is 0 Å². The molecule has 0 spiro atoms. The lowest BCUT2D eigenvalue weighted by atomic mass is 10.1. The molecule has 1 aromatic carbocycles. The molecule has 1 heterocycles. The molecule has 0 aliphatic carbocycles. The predicted octanol–water partition coefficient (Wildman–Crippen LogP) is 3.65. The zero-order valence-corrected chi connectivity index (χ0v) is 12.5. The summed E-state index contributed by atoms with van der Waals surface area (Å²) in [5.74, 6) is 3.62. The van der Waals surface area contributed by atoms with E-state index in [-0.39, 0.29) is 0 Å². The van der Waals surface area contributed by atoms with Crippen molar-refractivity contribution < 1.29 is 4.74 Å². The Balaban J connectivity index is 2.19. The number of benzene rings is 1. The summed E-state index contributed by atoms with van der Waals surface area (Å²) in [5.41, 5.74) is 0. The molecule has 102 valence electrons. The number of fused-ring (bicyclic) bond motifs is 1. The molecule has 1 unspecified atom stereocenters. The van der Waals surface area contributed by atoms with E-state index in [9.17, 15) is 0 Å². The van der Waals surface area contributed by atoms with Crippen LogP contribution in [0.5, 0.6) is 5.75 Å². The molecule has 1 N–H and O–H groups in total. The maximum Gasteiger partial charge on any atom is 0.133 e. The summed E-state index contributed by atoms with van der Waals surface area (Å²) in [4.78, 5) is 4.44. The standard InChI is InChI=1S/C15H20N2OS/c1-11(10-19-3)9-17-15-14-5-4-13(18-2)8-12(14)6-7-16-15/h4-8,11H,9-10H2,1-3H3,(H,16,17). The third kappa shape index (κ3) is 3.53. The molecule has 0 saturated carbocycles. The van der Waals surface area contributed by atoms with Crippen molar-refractivity contribution in [2.75, 3.05) is 31.0 Å². The monoisotopic (exact) mass is 276 g/mol.